The van der Waals surface area contributed by atoms with E-state index < -0.39 is 0 Å². The van der Waals surface area contributed by atoms with Crippen molar-refractivity contribution in [2.75, 3.05) is 17.7 Å². The molecule has 1 aromatic heterocycles. The van der Waals surface area contributed by atoms with Crippen LogP contribution in [0.4, 0.5) is 17.2 Å². The maximum atomic E-state index is 12.5. The molecule has 28 heavy (non-hydrogen) atoms. The number of rotatable bonds is 5. The average Bonchev–Trinajstić information content (AvgIpc) is 2.68. The molecule has 5 heteroatoms. The van der Waals surface area contributed by atoms with E-state index in [0.717, 1.165) is 17.1 Å². The number of benzene rings is 2. The number of hydrogen-bond acceptors (Lipinski definition) is 4. The van der Waals surface area contributed by atoms with Gasteiger partial charge in [0.05, 0.1) is 18.4 Å². The number of para-hydroxylation sites is 2. The molecule has 2 N–H and O–H groups in total. The van der Waals surface area contributed by atoms with Crippen molar-refractivity contribution in [3.05, 3.63) is 78.0 Å². The summed E-state index contributed by atoms with van der Waals surface area (Å²) in [6, 6.07) is 19.0. The molecule has 144 valence electrons. The molecule has 5 nitrogen and oxygen atoms in total. The van der Waals surface area contributed by atoms with Crippen molar-refractivity contribution >= 4 is 23.1 Å². The van der Waals surface area contributed by atoms with Gasteiger partial charge in [-0.05, 0) is 47.4 Å². The lowest BCUT2D eigenvalue weighted by Crippen LogP contribution is -2.14. The number of pyridine rings is 1. The molecule has 0 aliphatic rings. The molecule has 0 unspecified atom stereocenters. The molecule has 0 saturated carbocycles. The zero-order valence-corrected chi connectivity index (χ0v) is 16.6. The molecule has 3 aromatic rings. The third-order valence-electron chi connectivity index (χ3n) is 4.40. The molecule has 2 aromatic carbocycles. The standard InChI is InChI=1S/C23H25N3O2/c1-23(2,3)17-10-12-18(13-11-17)25-22(27)16-9-14-21(24-15-16)26-19-7-5-6-8-20(19)28-4/h5-15H,1-4H3,(H,24,26)(H,25,27). The number of carbonyl (C=O) groups is 1. The first-order valence-corrected chi connectivity index (χ1v) is 9.15. The average molecular weight is 375 g/mol. The van der Waals surface area contributed by atoms with Crippen LogP contribution in [0, 0.1) is 0 Å². The third-order valence-corrected chi connectivity index (χ3v) is 4.40. The maximum absolute atomic E-state index is 12.5. The van der Waals surface area contributed by atoms with Crippen LogP contribution in [-0.4, -0.2) is 18.0 Å². The minimum absolute atomic E-state index is 0.0801. The van der Waals surface area contributed by atoms with Crippen LogP contribution in [0.3, 0.4) is 0 Å². The first-order valence-electron chi connectivity index (χ1n) is 9.15. The Kier molecular flexibility index (Phi) is 5.64. The summed E-state index contributed by atoms with van der Waals surface area (Å²) in [4.78, 5) is 16.8. The third kappa shape index (κ3) is 4.68. The van der Waals surface area contributed by atoms with E-state index in [4.69, 9.17) is 4.74 Å². The van der Waals surface area contributed by atoms with Crippen LogP contribution >= 0.6 is 0 Å². The Morgan fingerprint density at radius 2 is 1.68 bits per heavy atom. The number of nitrogens with one attached hydrogen (secondary N) is 2. The molecule has 0 spiro atoms. The highest BCUT2D eigenvalue weighted by Crippen LogP contribution is 2.26. The van der Waals surface area contributed by atoms with Crippen molar-refractivity contribution in [3.8, 4) is 5.75 Å². The van der Waals surface area contributed by atoms with E-state index in [1.165, 1.54) is 5.56 Å². The zero-order chi connectivity index (χ0) is 20.1. The Morgan fingerprint density at radius 1 is 0.964 bits per heavy atom. The summed E-state index contributed by atoms with van der Waals surface area (Å²) in [7, 11) is 1.62. The largest absolute Gasteiger partial charge is 0.495 e. The number of carbonyl (C=O) groups excluding carboxylic acids is 1. The molecule has 0 aliphatic heterocycles. The predicted molar refractivity (Wildman–Crippen MR) is 114 cm³/mol. The molecule has 0 radical (unpaired) electrons. The van der Waals surface area contributed by atoms with E-state index in [1.807, 2.05) is 48.5 Å². The molecule has 0 bridgehead atoms. The molecular weight excluding hydrogens is 350 g/mol. The smallest absolute Gasteiger partial charge is 0.257 e. The summed E-state index contributed by atoms with van der Waals surface area (Å²) < 4.78 is 5.32. The van der Waals surface area contributed by atoms with Crippen LogP contribution in [0.1, 0.15) is 36.7 Å². The van der Waals surface area contributed by atoms with Gasteiger partial charge in [-0.1, -0.05) is 45.0 Å². The van der Waals surface area contributed by atoms with Gasteiger partial charge in [0.1, 0.15) is 11.6 Å². The Labute approximate surface area is 165 Å². The van der Waals surface area contributed by atoms with Crippen molar-refractivity contribution in [2.24, 2.45) is 0 Å². The highest BCUT2D eigenvalue weighted by atomic mass is 16.5. The Bertz CT molecular complexity index is 943. The number of nitrogens with zero attached hydrogens (tertiary/aromatic N) is 1. The summed E-state index contributed by atoms with van der Waals surface area (Å²) in [6.45, 7) is 6.48. The molecule has 0 atom stereocenters. The van der Waals surface area contributed by atoms with Gasteiger partial charge in [0.25, 0.3) is 5.91 Å². The van der Waals surface area contributed by atoms with Gasteiger partial charge in [-0.2, -0.15) is 0 Å². The second-order valence-electron chi connectivity index (χ2n) is 7.54. The molecule has 0 saturated heterocycles. The first-order chi connectivity index (χ1) is 13.4. The minimum Gasteiger partial charge on any atom is -0.495 e. The van der Waals surface area contributed by atoms with Crippen molar-refractivity contribution in [1.29, 1.82) is 0 Å². The monoisotopic (exact) mass is 375 g/mol. The van der Waals surface area contributed by atoms with E-state index in [9.17, 15) is 4.79 Å². The number of aromatic nitrogens is 1. The quantitative estimate of drug-likeness (QED) is 0.628. The fraction of sp³-hybridized carbons (Fsp3) is 0.217. The normalized spacial score (nSPS) is 11.0. The molecular formula is C23H25N3O2. The number of hydrogen-bond donors (Lipinski definition) is 2. The van der Waals surface area contributed by atoms with Crippen LogP contribution in [-0.2, 0) is 5.41 Å². The predicted octanol–water partition coefficient (Wildman–Crippen LogP) is 5.38. The van der Waals surface area contributed by atoms with Gasteiger partial charge in [-0.15, -0.1) is 0 Å². The molecule has 3 rings (SSSR count). The van der Waals surface area contributed by atoms with Gasteiger partial charge in [-0.25, -0.2) is 4.98 Å². The minimum atomic E-state index is -0.195. The van der Waals surface area contributed by atoms with Gasteiger partial charge >= 0.3 is 0 Å². The lowest BCUT2D eigenvalue weighted by molar-refractivity contribution is 0.102. The summed E-state index contributed by atoms with van der Waals surface area (Å²) in [5.74, 6) is 1.17. The highest BCUT2D eigenvalue weighted by Gasteiger charge is 2.13. The zero-order valence-electron chi connectivity index (χ0n) is 16.6. The summed E-state index contributed by atoms with van der Waals surface area (Å²) in [6.07, 6.45) is 1.55. The fourth-order valence-electron chi connectivity index (χ4n) is 2.74. The van der Waals surface area contributed by atoms with E-state index in [0.29, 0.717) is 11.4 Å². The SMILES string of the molecule is COc1ccccc1Nc1ccc(C(=O)Nc2ccc(C(C)(C)C)cc2)cn1. The number of methoxy groups -OCH3 is 1. The molecule has 0 fully saturated rings. The second kappa shape index (κ2) is 8.13. The van der Waals surface area contributed by atoms with Crippen LogP contribution in [0.15, 0.2) is 66.9 Å². The number of ether oxygens (including phenoxy) is 1. The molecule has 1 amide bonds. The van der Waals surface area contributed by atoms with Crippen LogP contribution in [0.5, 0.6) is 5.75 Å². The van der Waals surface area contributed by atoms with Gasteiger partial charge in [0, 0.05) is 11.9 Å². The first kappa shape index (κ1) is 19.4. The van der Waals surface area contributed by atoms with Gasteiger partial charge in [-0.3, -0.25) is 4.79 Å². The maximum Gasteiger partial charge on any atom is 0.257 e. The van der Waals surface area contributed by atoms with E-state index in [2.05, 4.69) is 36.4 Å². The summed E-state index contributed by atoms with van der Waals surface area (Å²) in [5, 5.41) is 6.10. The van der Waals surface area contributed by atoms with E-state index in [1.54, 1.807) is 25.4 Å². The fourth-order valence-corrected chi connectivity index (χ4v) is 2.74. The number of anilines is 3. The molecule has 0 aliphatic carbocycles. The Hall–Kier alpha value is -3.34. The highest BCUT2D eigenvalue weighted by molar-refractivity contribution is 6.04. The van der Waals surface area contributed by atoms with Gasteiger partial charge in [0.2, 0.25) is 0 Å². The van der Waals surface area contributed by atoms with Crippen LogP contribution in [0.25, 0.3) is 0 Å². The van der Waals surface area contributed by atoms with Crippen molar-refractivity contribution < 1.29 is 9.53 Å². The van der Waals surface area contributed by atoms with E-state index >= 15 is 0 Å². The van der Waals surface area contributed by atoms with Crippen LogP contribution in [0.2, 0.25) is 0 Å². The number of amides is 1. The van der Waals surface area contributed by atoms with Crippen LogP contribution < -0.4 is 15.4 Å². The lowest BCUT2D eigenvalue weighted by Gasteiger charge is -2.19. The Balaban J connectivity index is 1.67. The molecule has 1 heterocycles. The van der Waals surface area contributed by atoms with Crippen molar-refractivity contribution in [1.82, 2.24) is 4.98 Å². The van der Waals surface area contributed by atoms with Gasteiger partial charge in [0.15, 0.2) is 0 Å². The van der Waals surface area contributed by atoms with Crippen molar-refractivity contribution in [2.45, 2.75) is 26.2 Å². The Morgan fingerprint density at radius 3 is 2.29 bits per heavy atom. The van der Waals surface area contributed by atoms with Crippen molar-refractivity contribution in [3.63, 3.8) is 0 Å². The summed E-state index contributed by atoms with van der Waals surface area (Å²) in [5.41, 5.74) is 3.36. The topological polar surface area (TPSA) is 63.2 Å². The van der Waals surface area contributed by atoms with Gasteiger partial charge < -0.3 is 15.4 Å². The lowest BCUT2D eigenvalue weighted by atomic mass is 9.87. The summed E-state index contributed by atoms with van der Waals surface area (Å²) >= 11 is 0. The van der Waals surface area contributed by atoms with E-state index in [-0.39, 0.29) is 11.3 Å². The second-order valence-corrected chi connectivity index (χ2v) is 7.54.